The van der Waals surface area contributed by atoms with Crippen molar-refractivity contribution in [3.8, 4) is 5.69 Å². The molecule has 1 aliphatic heterocycles. The molecule has 1 aromatic heterocycles. The lowest BCUT2D eigenvalue weighted by atomic mass is 10.1. The zero-order valence-corrected chi connectivity index (χ0v) is 13.5. The Hall–Kier alpha value is -2.63. The van der Waals surface area contributed by atoms with E-state index in [0.717, 1.165) is 30.0 Å². The fraction of sp³-hybridized carbons (Fsp3) is 0.389. The van der Waals surface area contributed by atoms with Gasteiger partial charge >= 0.3 is 5.97 Å². The van der Waals surface area contributed by atoms with Crippen molar-refractivity contribution in [1.29, 1.82) is 0 Å². The molecule has 1 unspecified atom stereocenters. The van der Waals surface area contributed by atoms with Crippen molar-refractivity contribution >= 4 is 17.7 Å². The Labute approximate surface area is 140 Å². The van der Waals surface area contributed by atoms with Crippen LogP contribution in [0, 0.1) is 5.92 Å². The molecule has 0 bridgehead atoms. The Morgan fingerprint density at radius 2 is 2.00 bits per heavy atom. The van der Waals surface area contributed by atoms with E-state index in [2.05, 4.69) is 0 Å². The van der Waals surface area contributed by atoms with Gasteiger partial charge in [0.2, 0.25) is 5.91 Å². The molecule has 0 spiro atoms. The van der Waals surface area contributed by atoms with Crippen LogP contribution in [-0.2, 0) is 14.3 Å². The molecule has 6 nitrogen and oxygen atoms in total. The number of para-hydroxylation sites is 1. The third-order valence-corrected chi connectivity index (χ3v) is 4.64. The Kier molecular flexibility index (Phi) is 3.59. The largest absolute Gasteiger partial charge is 0.469 e. The molecule has 4 rings (SSSR count). The van der Waals surface area contributed by atoms with Gasteiger partial charge in [0.15, 0.2) is 0 Å². The minimum atomic E-state index is -0.411. The molecule has 24 heavy (non-hydrogen) atoms. The average molecular weight is 325 g/mol. The van der Waals surface area contributed by atoms with E-state index in [1.807, 2.05) is 41.1 Å². The van der Waals surface area contributed by atoms with E-state index in [9.17, 15) is 9.59 Å². The normalized spacial score (nSPS) is 20.5. The maximum atomic E-state index is 12.5. The number of carbonyl (C=O) groups is 2. The highest BCUT2D eigenvalue weighted by Gasteiger charge is 2.38. The first kappa shape index (κ1) is 14.9. The molecule has 2 aliphatic rings. The molecule has 2 fully saturated rings. The van der Waals surface area contributed by atoms with Gasteiger partial charge in [0.25, 0.3) is 0 Å². The van der Waals surface area contributed by atoms with Gasteiger partial charge in [0, 0.05) is 24.9 Å². The minimum absolute atomic E-state index is 0.0650. The van der Waals surface area contributed by atoms with Crippen molar-refractivity contribution in [3.63, 3.8) is 0 Å². The third kappa shape index (κ3) is 2.58. The maximum Gasteiger partial charge on any atom is 0.311 e. The highest BCUT2D eigenvalue weighted by Crippen LogP contribution is 2.41. The SMILES string of the molecule is COC(=O)C1CC(=O)N(c2cc(C3CC3)nn2-c2ccccc2)C1. The summed E-state index contributed by atoms with van der Waals surface area (Å²) in [5.41, 5.74) is 1.93. The Bertz CT molecular complexity index is 780. The monoisotopic (exact) mass is 325 g/mol. The molecule has 1 saturated heterocycles. The van der Waals surface area contributed by atoms with Gasteiger partial charge in [-0.15, -0.1) is 0 Å². The van der Waals surface area contributed by atoms with Crippen molar-refractivity contribution in [2.75, 3.05) is 18.6 Å². The van der Waals surface area contributed by atoms with Crippen LogP contribution in [0.1, 0.15) is 30.9 Å². The van der Waals surface area contributed by atoms with Crippen LogP contribution in [0.5, 0.6) is 0 Å². The summed E-state index contributed by atoms with van der Waals surface area (Å²) in [4.78, 5) is 25.9. The van der Waals surface area contributed by atoms with Gasteiger partial charge in [-0.25, -0.2) is 4.68 Å². The highest BCUT2D eigenvalue weighted by atomic mass is 16.5. The van der Waals surface area contributed by atoms with Gasteiger partial charge in [-0.2, -0.15) is 5.10 Å². The first-order chi connectivity index (χ1) is 11.7. The van der Waals surface area contributed by atoms with Crippen molar-refractivity contribution in [2.24, 2.45) is 5.92 Å². The van der Waals surface area contributed by atoms with Gasteiger partial charge in [0.05, 0.1) is 24.4 Å². The van der Waals surface area contributed by atoms with Crippen LogP contribution in [0.3, 0.4) is 0 Å². The molecular formula is C18H19N3O3. The fourth-order valence-corrected chi connectivity index (χ4v) is 3.17. The number of esters is 1. The fourth-order valence-electron chi connectivity index (χ4n) is 3.17. The second-order valence-corrected chi connectivity index (χ2v) is 6.38. The van der Waals surface area contributed by atoms with Crippen LogP contribution in [0.15, 0.2) is 36.4 Å². The molecule has 6 heteroatoms. The lowest BCUT2D eigenvalue weighted by Crippen LogP contribution is -2.28. The molecule has 1 aliphatic carbocycles. The summed E-state index contributed by atoms with van der Waals surface area (Å²) in [6.45, 7) is 0.341. The summed E-state index contributed by atoms with van der Waals surface area (Å²) in [5, 5.41) is 4.72. The van der Waals surface area contributed by atoms with Crippen molar-refractivity contribution in [1.82, 2.24) is 9.78 Å². The number of nitrogens with zero attached hydrogens (tertiary/aromatic N) is 3. The maximum absolute atomic E-state index is 12.5. The summed E-state index contributed by atoms with van der Waals surface area (Å²) in [6, 6.07) is 11.8. The minimum Gasteiger partial charge on any atom is -0.469 e. The Balaban J connectivity index is 1.72. The summed E-state index contributed by atoms with van der Waals surface area (Å²) < 4.78 is 6.61. The van der Waals surface area contributed by atoms with Gasteiger partial charge in [-0.1, -0.05) is 18.2 Å². The number of ether oxygens (including phenoxy) is 1. The van der Waals surface area contributed by atoms with E-state index in [1.54, 1.807) is 4.90 Å². The Morgan fingerprint density at radius 1 is 1.25 bits per heavy atom. The molecule has 124 valence electrons. The Morgan fingerprint density at radius 3 is 2.67 bits per heavy atom. The van der Waals surface area contributed by atoms with Crippen LogP contribution in [0.2, 0.25) is 0 Å². The van der Waals surface area contributed by atoms with E-state index in [-0.39, 0.29) is 18.3 Å². The number of amides is 1. The average Bonchev–Trinajstić information content (AvgIpc) is 3.25. The van der Waals surface area contributed by atoms with Gasteiger partial charge < -0.3 is 4.74 Å². The van der Waals surface area contributed by atoms with Crippen LogP contribution in [-0.4, -0.2) is 35.3 Å². The third-order valence-electron chi connectivity index (χ3n) is 4.64. The molecule has 1 atom stereocenters. The predicted molar refractivity (Wildman–Crippen MR) is 88.0 cm³/mol. The highest BCUT2D eigenvalue weighted by molar-refractivity contribution is 5.99. The molecule has 0 radical (unpaired) electrons. The number of anilines is 1. The van der Waals surface area contributed by atoms with Crippen LogP contribution < -0.4 is 4.90 Å². The summed E-state index contributed by atoms with van der Waals surface area (Å²) in [7, 11) is 1.36. The summed E-state index contributed by atoms with van der Waals surface area (Å²) in [5.74, 6) is 0.414. The number of aromatic nitrogens is 2. The van der Waals surface area contributed by atoms with Gasteiger partial charge in [0.1, 0.15) is 5.82 Å². The first-order valence-electron chi connectivity index (χ1n) is 8.21. The molecule has 1 amide bonds. The van der Waals surface area contributed by atoms with Crippen LogP contribution in [0.25, 0.3) is 5.69 Å². The molecule has 1 aromatic carbocycles. The summed E-state index contributed by atoms with van der Waals surface area (Å²) in [6.07, 6.45) is 2.47. The molecule has 0 N–H and O–H groups in total. The van der Waals surface area contributed by atoms with Crippen LogP contribution >= 0.6 is 0 Å². The number of rotatable bonds is 4. The van der Waals surface area contributed by atoms with Crippen LogP contribution in [0.4, 0.5) is 5.82 Å². The predicted octanol–water partition coefficient (Wildman–Crippen LogP) is 2.28. The number of hydrogen-bond acceptors (Lipinski definition) is 4. The van der Waals surface area contributed by atoms with Crippen molar-refractivity contribution < 1.29 is 14.3 Å². The second-order valence-electron chi connectivity index (χ2n) is 6.38. The first-order valence-corrected chi connectivity index (χ1v) is 8.21. The van der Waals surface area contributed by atoms with E-state index < -0.39 is 5.92 Å². The van der Waals surface area contributed by atoms with E-state index >= 15 is 0 Å². The smallest absolute Gasteiger partial charge is 0.311 e. The van der Waals surface area contributed by atoms with Gasteiger partial charge in [-0.05, 0) is 25.0 Å². The summed E-state index contributed by atoms with van der Waals surface area (Å²) >= 11 is 0. The quantitative estimate of drug-likeness (QED) is 0.809. The van der Waals surface area contributed by atoms with Crippen molar-refractivity contribution in [3.05, 3.63) is 42.1 Å². The molecule has 2 heterocycles. The van der Waals surface area contributed by atoms with E-state index in [4.69, 9.17) is 9.84 Å². The number of hydrogen-bond donors (Lipinski definition) is 0. The van der Waals surface area contributed by atoms with E-state index in [0.29, 0.717) is 12.5 Å². The molecular weight excluding hydrogens is 306 g/mol. The van der Waals surface area contributed by atoms with Crippen molar-refractivity contribution in [2.45, 2.75) is 25.2 Å². The number of benzene rings is 1. The lowest BCUT2D eigenvalue weighted by Gasteiger charge is -2.17. The molecule has 2 aromatic rings. The zero-order valence-electron chi connectivity index (χ0n) is 13.5. The van der Waals surface area contributed by atoms with Gasteiger partial charge in [-0.3, -0.25) is 14.5 Å². The lowest BCUT2D eigenvalue weighted by molar-refractivity contribution is -0.145. The number of methoxy groups -OCH3 is 1. The zero-order chi connectivity index (χ0) is 16.7. The second kappa shape index (κ2) is 5.78. The molecule has 1 saturated carbocycles. The topological polar surface area (TPSA) is 64.4 Å². The standard InChI is InChI=1S/C18H19N3O3/c1-24-18(23)13-9-17(22)20(11-13)16-10-15(12-7-8-12)19-21(16)14-5-3-2-4-6-14/h2-6,10,12-13H,7-9,11H2,1H3. The van der Waals surface area contributed by atoms with E-state index in [1.165, 1.54) is 7.11 Å². The number of carbonyl (C=O) groups excluding carboxylic acids is 2.